The first kappa shape index (κ1) is 18.8. The Morgan fingerprint density at radius 1 is 1.14 bits per heavy atom. The van der Waals surface area contributed by atoms with Gasteiger partial charge in [0, 0.05) is 18.0 Å². The number of aryl methyl sites for hydroxylation is 1. The predicted octanol–water partition coefficient (Wildman–Crippen LogP) is 3.37. The average molecular weight is 375 g/mol. The van der Waals surface area contributed by atoms with Crippen LogP contribution in [-0.2, 0) is 4.79 Å². The molecule has 0 unspecified atom stereocenters. The minimum atomic E-state index is -0.517. The van der Waals surface area contributed by atoms with Gasteiger partial charge in [0.25, 0.3) is 5.91 Å². The van der Waals surface area contributed by atoms with Crippen LogP contribution in [0.1, 0.15) is 27.4 Å². The maximum Gasteiger partial charge on any atom is 0.336 e. The summed E-state index contributed by atoms with van der Waals surface area (Å²) < 4.78 is 10.3. The van der Waals surface area contributed by atoms with Gasteiger partial charge < -0.3 is 9.15 Å². The molecule has 0 saturated carbocycles. The molecule has 0 radical (unpaired) electrons. The molecule has 0 aliphatic heterocycles. The third-order valence-electron chi connectivity index (χ3n) is 3.58. The SMILES string of the molecule is Cc1ccc(C(=O)NN=Cc2ccc(OC(=O)/C=C\c3ccco3)cc2)cn1. The Bertz CT molecular complexity index is 989. The van der Waals surface area contributed by atoms with Gasteiger partial charge in [-0.25, -0.2) is 10.2 Å². The molecule has 0 spiro atoms. The number of rotatable bonds is 6. The summed E-state index contributed by atoms with van der Waals surface area (Å²) in [6, 6.07) is 13.6. The zero-order valence-electron chi connectivity index (χ0n) is 15.0. The fraction of sp³-hybridized carbons (Fsp3) is 0.0476. The van der Waals surface area contributed by atoms with Crippen molar-refractivity contribution in [2.45, 2.75) is 6.92 Å². The van der Waals surface area contributed by atoms with E-state index in [-0.39, 0.29) is 5.91 Å². The zero-order chi connectivity index (χ0) is 19.8. The highest BCUT2D eigenvalue weighted by Crippen LogP contribution is 2.12. The molecule has 7 nitrogen and oxygen atoms in total. The van der Waals surface area contributed by atoms with Crippen molar-refractivity contribution in [3.63, 3.8) is 0 Å². The van der Waals surface area contributed by atoms with Crippen molar-refractivity contribution in [1.82, 2.24) is 10.4 Å². The number of carbonyl (C=O) groups is 2. The molecule has 2 aromatic heterocycles. The molecule has 3 aromatic rings. The first-order valence-electron chi connectivity index (χ1n) is 8.40. The van der Waals surface area contributed by atoms with Crippen LogP contribution in [0.15, 0.2) is 76.6 Å². The van der Waals surface area contributed by atoms with E-state index in [0.29, 0.717) is 17.1 Å². The molecular weight excluding hydrogens is 358 g/mol. The van der Waals surface area contributed by atoms with Crippen LogP contribution in [0.5, 0.6) is 5.75 Å². The lowest BCUT2D eigenvalue weighted by molar-refractivity contribution is -0.128. The van der Waals surface area contributed by atoms with Gasteiger partial charge in [-0.05, 0) is 67.1 Å². The molecule has 3 rings (SSSR count). The van der Waals surface area contributed by atoms with Crippen molar-refractivity contribution in [1.29, 1.82) is 0 Å². The maximum atomic E-state index is 11.9. The van der Waals surface area contributed by atoms with E-state index in [4.69, 9.17) is 9.15 Å². The number of ether oxygens (including phenoxy) is 1. The van der Waals surface area contributed by atoms with Crippen LogP contribution in [0, 0.1) is 6.92 Å². The van der Waals surface area contributed by atoms with E-state index in [9.17, 15) is 9.59 Å². The van der Waals surface area contributed by atoms with Gasteiger partial charge in [-0.1, -0.05) is 0 Å². The fourth-order valence-corrected chi connectivity index (χ4v) is 2.14. The van der Waals surface area contributed by atoms with Crippen molar-refractivity contribution in [3.05, 3.63) is 89.6 Å². The van der Waals surface area contributed by atoms with Gasteiger partial charge in [0.05, 0.1) is 18.0 Å². The number of hydrogen-bond acceptors (Lipinski definition) is 6. The minimum absolute atomic E-state index is 0.349. The van der Waals surface area contributed by atoms with Gasteiger partial charge in [-0.3, -0.25) is 9.78 Å². The summed E-state index contributed by atoms with van der Waals surface area (Å²) in [6.07, 6.45) is 7.30. The van der Waals surface area contributed by atoms with Crippen LogP contribution in [0.3, 0.4) is 0 Å². The van der Waals surface area contributed by atoms with Crippen molar-refractivity contribution in [3.8, 4) is 5.75 Å². The second-order valence-electron chi connectivity index (χ2n) is 5.73. The first-order valence-corrected chi connectivity index (χ1v) is 8.40. The number of hydrazone groups is 1. The third kappa shape index (κ3) is 5.50. The van der Waals surface area contributed by atoms with Gasteiger partial charge in [-0.15, -0.1) is 0 Å². The second-order valence-corrected chi connectivity index (χ2v) is 5.73. The lowest BCUT2D eigenvalue weighted by atomic mass is 10.2. The average Bonchev–Trinajstić information content (AvgIpc) is 3.22. The highest BCUT2D eigenvalue weighted by atomic mass is 16.5. The summed E-state index contributed by atoms with van der Waals surface area (Å²) >= 11 is 0. The Labute approximate surface area is 161 Å². The van der Waals surface area contributed by atoms with E-state index in [1.807, 2.05) is 6.92 Å². The summed E-state index contributed by atoms with van der Waals surface area (Å²) in [4.78, 5) is 27.8. The number of nitrogens with one attached hydrogen (secondary N) is 1. The van der Waals surface area contributed by atoms with Gasteiger partial charge in [0.2, 0.25) is 0 Å². The number of benzene rings is 1. The maximum absolute atomic E-state index is 11.9. The highest BCUT2D eigenvalue weighted by Gasteiger charge is 2.04. The van der Waals surface area contributed by atoms with Crippen LogP contribution >= 0.6 is 0 Å². The molecule has 0 bridgehead atoms. The molecular formula is C21H17N3O4. The zero-order valence-corrected chi connectivity index (χ0v) is 15.0. The summed E-state index contributed by atoms with van der Waals surface area (Å²) in [6.45, 7) is 1.84. The van der Waals surface area contributed by atoms with Crippen LogP contribution in [-0.4, -0.2) is 23.1 Å². The summed E-state index contributed by atoms with van der Waals surface area (Å²) in [5.41, 5.74) is 4.42. The molecule has 2 heterocycles. The Hall–Kier alpha value is -4.00. The summed E-state index contributed by atoms with van der Waals surface area (Å²) in [5.74, 6) is 0.0856. The van der Waals surface area contributed by atoms with Gasteiger partial charge >= 0.3 is 5.97 Å². The smallest absolute Gasteiger partial charge is 0.336 e. The van der Waals surface area contributed by atoms with Crippen molar-refractivity contribution < 1.29 is 18.7 Å². The van der Waals surface area contributed by atoms with E-state index < -0.39 is 5.97 Å². The molecule has 7 heteroatoms. The first-order chi connectivity index (χ1) is 13.6. The van der Waals surface area contributed by atoms with Crippen LogP contribution in [0.25, 0.3) is 6.08 Å². The number of carbonyl (C=O) groups excluding carboxylic acids is 2. The van der Waals surface area contributed by atoms with Crippen molar-refractivity contribution >= 4 is 24.2 Å². The lowest BCUT2D eigenvalue weighted by Gasteiger charge is -2.02. The van der Waals surface area contributed by atoms with Crippen LogP contribution in [0.2, 0.25) is 0 Å². The standard InChI is InChI=1S/C21H17N3O4/c1-15-4-7-17(14-22-15)21(26)24-23-13-16-5-8-19(9-6-16)28-20(25)11-10-18-3-2-12-27-18/h2-14H,1H3,(H,24,26)/b11-10-,23-13?. The molecule has 0 fully saturated rings. The van der Waals surface area contributed by atoms with Gasteiger partial charge in [0.15, 0.2) is 0 Å². The minimum Gasteiger partial charge on any atom is -0.465 e. The van der Waals surface area contributed by atoms with E-state index in [1.165, 1.54) is 30.8 Å². The normalized spacial score (nSPS) is 11.0. The molecule has 1 aromatic carbocycles. The molecule has 140 valence electrons. The van der Waals surface area contributed by atoms with Crippen LogP contribution < -0.4 is 10.2 Å². The van der Waals surface area contributed by atoms with E-state index in [1.54, 1.807) is 48.5 Å². The Balaban J connectivity index is 1.51. The molecule has 0 atom stereocenters. The Morgan fingerprint density at radius 2 is 1.96 bits per heavy atom. The number of amides is 1. The second kappa shape index (κ2) is 9.09. The molecule has 1 amide bonds. The number of furan rings is 1. The third-order valence-corrected chi connectivity index (χ3v) is 3.58. The van der Waals surface area contributed by atoms with Crippen molar-refractivity contribution in [2.75, 3.05) is 0 Å². The number of esters is 1. The number of hydrogen-bond donors (Lipinski definition) is 1. The quantitative estimate of drug-likeness (QED) is 0.234. The highest BCUT2D eigenvalue weighted by molar-refractivity contribution is 5.94. The van der Waals surface area contributed by atoms with Crippen molar-refractivity contribution in [2.24, 2.45) is 5.10 Å². The monoisotopic (exact) mass is 375 g/mol. The summed E-state index contributed by atoms with van der Waals surface area (Å²) in [7, 11) is 0. The molecule has 0 aliphatic carbocycles. The molecule has 0 aliphatic rings. The fourth-order valence-electron chi connectivity index (χ4n) is 2.14. The Kier molecular flexibility index (Phi) is 6.10. The van der Waals surface area contributed by atoms with Crippen LogP contribution in [0.4, 0.5) is 0 Å². The van der Waals surface area contributed by atoms with Gasteiger partial charge in [-0.2, -0.15) is 5.10 Å². The number of nitrogens with zero attached hydrogens (tertiary/aromatic N) is 2. The number of aromatic nitrogens is 1. The van der Waals surface area contributed by atoms with Gasteiger partial charge in [0.1, 0.15) is 11.5 Å². The lowest BCUT2D eigenvalue weighted by Crippen LogP contribution is -2.17. The topological polar surface area (TPSA) is 93.8 Å². The largest absolute Gasteiger partial charge is 0.465 e. The predicted molar refractivity (Wildman–Crippen MR) is 104 cm³/mol. The molecule has 0 saturated heterocycles. The number of pyridine rings is 1. The summed E-state index contributed by atoms with van der Waals surface area (Å²) in [5, 5.41) is 3.91. The molecule has 28 heavy (non-hydrogen) atoms. The van der Waals surface area contributed by atoms with E-state index >= 15 is 0 Å². The molecule has 1 N–H and O–H groups in total. The van der Waals surface area contributed by atoms with E-state index in [0.717, 1.165) is 11.3 Å². The van der Waals surface area contributed by atoms with E-state index in [2.05, 4.69) is 15.5 Å². The Morgan fingerprint density at radius 3 is 2.64 bits per heavy atom.